The highest BCUT2D eigenvalue weighted by Crippen LogP contribution is 2.30. The first-order chi connectivity index (χ1) is 12.0. The third kappa shape index (κ3) is 3.96. The lowest BCUT2D eigenvalue weighted by Gasteiger charge is -2.29. The van der Waals surface area contributed by atoms with Gasteiger partial charge in [-0.1, -0.05) is 18.2 Å². The van der Waals surface area contributed by atoms with E-state index in [2.05, 4.69) is 5.32 Å². The molecule has 3 rings (SSSR count). The number of nitrogens with one attached hydrogen (secondary N) is 1. The van der Waals surface area contributed by atoms with E-state index < -0.39 is 11.7 Å². The van der Waals surface area contributed by atoms with Gasteiger partial charge < -0.3 is 15.0 Å². The molecule has 0 radical (unpaired) electrons. The van der Waals surface area contributed by atoms with Crippen LogP contribution in [0.4, 0.5) is 15.8 Å². The summed E-state index contributed by atoms with van der Waals surface area (Å²) in [5.41, 5.74) is 2.49. The Bertz CT molecular complexity index is 807. The molecule has 1 N–H and O–H groups in total. The minimum Gasteiger partial charge on any atom is -0.481 e. The van der Waals surface area contributed by atoms with Crippen LogP contribution < -0.4 is 15.0 Å². The van der Waals surface area contributed by atoms with E-state index in [-0.39, 0.29) is 18.3 Å². The average molecular weight is 342 g/mol. The Labute approximate surface area is 145 Å². The minimum absolute atomic E-state index is 0.0210. The van der Waals surface area contributed by atoms with Crippen molar-refractivity contribution in [2.24, 2.45) is 0 Å². The molecule has 2 amide bonds. The monoisotopic (exact) mass is 342 g/mol. The van der Waals surface area contributed by atoms with E-state index in [9.17, 15) is 14.0 Å². The molecule has 0 fully saturated rings. The van der Waals surface area contributed by atoms with E-state index in [1.54, 1.807) is 29.2 Å². The molecule has 0 aliphatic carbocycles. The molecular weight excluding hydrogens is 323 g/mol. The van der Waals surface area contributed by atoms with Crippen LogP contribution in [0.25, 0.3) is 0 Å². The molecule has 25 heavy (non-hydrogen) atoms. The van der Waals surface area contributed by atoms with Crippen LogP contribution in [-0.4, -0.2) is 25.0 Å². The first-order valence-electron chi connectivity index (χ1n) is 8.13. The number of nitrogens with zero attached hydrogens (tertiary/aromatic N) is 1. The molecule has 5 nitrogen and oxygen atoms in total. The third-order valence-electron chi connectivity index (χ3n) is 4.06. The lowest BCUT2D eigenvalue weighted by Crippen LogP contribution is -2.33. The number of ether oxygens (including phenoxy) is 1. The van der Waals surface area contributed by atoms with Gasteiger partial charge in [-0.3, -0.25) is 9.59 Å². The van der Waals surface area contributed by atoms with E-state index >= 15 is 0 Å². The maximum absolute atomic E-state index is 13.5. The Morgan fingerprint density at radius 3 is 2.80 bits per heavy atom. The number of benzene rings is 2. The summed E-state index contributed by atoms with van der Waals surface area (Å²) in [6.45, 7) is 1.91. The van der Waals surface area contributed by atoms with Crippen molar-refractivity contribution < 1.29 is 18.7 Å². The third-order valence-corrected chi connectivity index (χ3v) is 4.06. The summed E-state index contributed by atoms with van der Waals surface area (Å²) in [5.74, 6) is -0.896. The van der Waals surface area contributed by atoms with Crippen LogP contribution >= 0.6 is 0 Å². The fraction of sp³-hybridized carbons (Fsp3) is 0.263. The van der Waals surface area contributed by atoms with Gasteiger partial charge in [0.25, 0.3) is 5.91 Å². The van der Waals surface area contributed by atoms with E-state index in [1.165, 1.54) is 19.1 Å². The number of carbonyl (C=O) groups is 2. The van der Waals surface area contributed by atoms with Gasteiger partial charge in [0.2, 0.25) is 5.91 Å². The summed E-state index contributed by atoms with van der Waals surface area (Å²) in [4.78, 5) is 25.5. The van der Waals surface area contributed by atoms with E-state index in [0.717, 1.165) is 24.1 Å². The zero-order valence-corrected chi connectivity index (χ0v) is 13.9. The Morgan fingerprint density at radius 1 is 1.24 bits per heavy atom. The minimum atomic E-state index is -0.513. The normalized spacial score (nSPS) is 13.1. The molecule has 0 spiro atoms. The fourth-order valence-corrected chi connectivity index (χ4v) is 2.88. The zero-order valence-electron chi connectivity index (χ0n) is 13.9. The number of hydrogen-bond acceptors (Lipinski definition) is 3. The number of aryl methyl sites for hydroxylation is 1. The lowest BCUT2D eigenvalue weighted by molar-refractivity contribution is -0.118. The molecular formula is C19H19FN2O3. The van der Waals surface area contributed by atoms with Crippen molar-refractivity contribution in [1.82, 2.24) is 0 Å². The number of amides is 2. The largest absolute Gasteiger partial charge is 0.481 e. The van der Waals surface area contributed by atoms with Gasteiger partial charge in [0.1, 0.15) is 0 Å². The second kappa shape index (κ2) is 7.34. The molecule has 2 aromatic rings. The van der Waals surface area contributed by atoms with Crippen LogP contribution in [0.1, 0.15) is 18.9 Å². The van der Waals surface area contributed by atoms with E-state index in [4.69, 9.17) is 4.74 Å². The summed E-state index contributed by atoms with van der Waals surface area (Å²) in [7, 11) is 0. The lowest BCUT2D eigenvalue weighted by atomic mass is 10.0. The molecule has 0 saturated heterocycles. The topological polar surface area (TPSA) is 58.6 Å². The summed E-state index contributed by atoms with van der Waals surface area (Å²) in [6, 6.07) is 11.4. The van der Waals surface area contributed by atoms with Gasteiger partial charge >= 0.3 is 0 Å². The van der Waals surface area contributed by atoms with Crippen molar-refractivity contribution in [2.45, 2.75) is 19.8 Å². The van der Waals surface area contributed by atoms with Crippen molar-refractivity contribution in [3.05, 3.63) is 53.8 Å². The van der Waals surface area contributed by atoms with Gasteiger partial charge in [-0.15, -0.1) is 0 Å². The van der Waals surface area contributed by atoms with Gasteiger partial charge in [-0.05, 0) is 42.7 Å². The number of hydrogen-bond donors (Lipinski definition) is 1. The Balaban J connectivity index is 1.67. The number of para-hydroxylation sites is 1. The molecule has 2 aromatic carbocycles. The van der Waals surface area contributed by atoms with Gasteiger partial charge in [-0.25, -0.2) is 4.39 Å². The second-order valence-corrected chi connectivity index (χ2v) is 5.88. The predicted molar refractivity (Wildman–Crippen MR) is 93.3 cm³/mol. The number of halogens is 1. The van der Waals surface area contributed by atoms with Crippen molar-refractivity contribution in [3.8, 4) is 5.75 Å². The maximum atomic E-state index is 13.5. The molecule has 0 bridgehead atoms. The number of carbonyl (C=O) groups excluding carboxylic acids is 2. The Morgan fingerprint density at radius 2 is 2.04 bits per heavy atom. The van der Waals surface area contributed by atoms with Crippen LogP contribution in [0, 0.1) is 5.82 Å². The van der Waals surface area contributed by atoms with Crippen molar-refractivity contribution >= 4 is 23.2 Å². The highest BCUT2D eigenvalue weighted by atomic mass is 19.1. The highest BCUT2D eigenvalue weighted by Gasteiger charge is 2.20. The summed E-state index contributed by atoms with van der Waals surface area (Å²) in [5, 5.41) is 2.72. The molecule has 0 saturated carbocycles. The molecule has 1 aliphatic heterocycles. The molecule has 6 heteroatoms. The standard InChI is InChI=1S/C19H19FN2O3/c1-13(23)22-10-4-5-14-8-9-15(11-17(14)22)21-19(24)12-25-18-7-3-2-6-16(18)20/h2-3,6-9,11H,4-5,10,12H2,1H3,(H,21,24). The van der Waals surface area contributed by atoms with Crippen molar-refractivity contribution in [3.63, 3.8) is 0 Å². The van der Waals surface area contributed by atoms with Crippen LogP contribution in [0.15, 0.2) is 42.5 Å². The molecule has 0 atom stereocenters. The number of rotatable bonds is 4. The molecule has 130 valence electrons. The zero-order chi connectivity index (χ0) is 17.8. The summed E-state index contributed by atoms with van der Waals surface area (Å²) in [6.07, 6.45) is 1.83. The summed E-state index contributed by atoms with van der Waals surface area (Å²) < 4.78 is 18.7. The SMILES string of the molecule is CC(=O)N1CCCc2ccc(NC(=O)COc3ccccc3F)cc21. The van der Waals surface area contributed by atoms with Crippen molar-refractivity contribution in [2.75, 3.05) is 23.4 Å². The van der Waals surface area contributed by atoms with Crippen LogP contribution in [-0.2, 0) is 16.0 Å². The van der Waals surface area contributed by atoms with Crippen molar-refractivity contribution in [1.29, 1.82) is 0 Å². The van der Waals surface area contributed by atoms with E-state index in [1.807, 2.05) is 6.07 Å². The Kier molecular flexibility index (Phi) is 4.97. The second-order valence-electron chi connectivity index (χ2n) is 5.88. The number of anilines is 2. The predicted octanol–water partition coefficient (Wildman–Crippen LogP) is 3.14. The van der Waals surface area contributed by atoms with Crippen LogP contribution in [0.5, 0.6) is 5.75 Å². The molecule has 0 unspecified atom stereocenters. The van der Waals surface area contributed by atoms with E-state index in [0.29, 0.717) is 12.2 Å². The first kappa shape index (κ1) is 17.0. The quantitative estimate of drug-likeness (QED) is 0.929. The molecule has 1 heterocycles. The fourth-order valence-electron chi connectivity index (χ4n) is 2.88. The van der Waals surface area contributed by atoms with Gasteiger partial charge in [-0.2, -0.15) is 0 Å². The average Bonchev–Trinajstić information content (AvgIpc) is 2.60. The summed E-state index contributed by atoms with van der Waals surface area (Å²) >= 11 is 0. The maximum Gasteiger partial charge on any atom is 0.262 e. The number of fused-ring (bicyclic) bond motifs is 1. The van der Waals surface area contributed by atoms with Gasteiger partial charge in [0, 0.05) is 24.8 Å². The first-order valence-corrected chi connectivity index (χ1v) is 8.13. The van der Waals surface area contributed by atoms with Crippen LogP contribution in [0.3, 0.4) is 0 Å². The molecule has 0 aromatic heterocycles. The van der Waals surface area contributed by atoms with Gasteiger partial charge in [0.05, 0.1) is 0 Å². The Hall–Kier alpha value is -2.89. The smallest absolute Gasteiger partial charge is 0.262 e. The molecule has 1 aliphatic rings. The van der Waals surface area contributed by atoms with Crippen LogP contribution in [0.2, 0.25) is 0 Å². The highest BCUT2D eigenvalue weighted by molar-refractivity contribution is 5.96. The van der Waals surface area contributed by atoms with Gasteiger partial charge in [0.15, 0.2) is 18.2 Å².